The molecule has 84 valence electrons. The first kappa shape index (κ1) is 10.5. The Morgan fingerprint density at radius 3 is 2.75 bits per heavy atom. The van der Waals surface area contributed by atoms with E-state index in [1.54, 1.807) is 0 Å². The third-order valence-electron chi connectivity index (χ3n) is 2.44. The Kier molecular flexibility index (Phi) is 2.30. The van der Waals surface area contributed by atoms with E-state index in [0.29, 0.717) is 11.3 Å². The summed E-state index contributed by atoms with van der Waals surface area (Å²) in [5.41, 5.74) is 0.398. The van der Waals surface area contributed by atoms with E-state index in [9.17, 15) is 14.7 Å². The molecule has 0 saturated heterocycles. The van der Waals surface area contributed by atoms with Crippen molar-refractivity contribution in [3.05, 3.63) is 23.3 Å². The highest BCUT2D eigenvalue weighted by Gasteiger charge is 2.37. The second-order valence-electron chi connectivity index (χ2n) is 3.51. The predicted octanol–water partition coefficient (Wildman–Crippen LogP) is 1.20. The number of hydrogen-bond donors (Lipinski definition) is 1. The molecule has 0 aliphatic carbocycles. The summed E-state index contributed by atoms with van der Waals surface area (Å²) >= 11 is 0. The van der Waals surface area contributed by atoms with Crippen molar-refractivity contribution in [1.29, 1.82) is 0 Å². The minimum atomic E-state index is -0.941. The Morgan fingerprint density at radius 1 is 1.50 bits per heavy atom. The van der Waals surface area contributed by atoms with Crippen molar-refractivity contribution in [2.24, 2.45) is 0 Å². The van der Waals surface area contributed by atoms with E-state index in [0.717, 1.165) is 0 Å². The zero-order valence-corrected chi connectivity index (χ0v) is 8.81. The number of phenolic OH excluding ortho intramolecular Hbond substituents is 1. The first-order valence-electron chi connectivity index (χ1n) is 4.67. The molecule has 5 heteroatoms. The Hall–Kier alpha value is -2.04. The third-order valence-corrected chi connectivity index (χ3v) is 2.44. The van der Waals surface area contributed by atoms with E-state index >= 15 is 0 Å². The molecule has 0 radical (unpaired) electrons. The maximum atomic E-state index is 11.4. The monoisotopic (exact) mass is 222 g/mol. The van der Waals surface area contributed by atoms with Gasteiger partial charge in [0.25, 0.3) is 0 Å². The van der Waals surface area contributed by atoms with Crippen LogP contribution >= 0.6 is 0 Å². The van der Waals surface area contributed by atoms with Crippen molar-refractivity contribution in [3.8, 4) is 11.5 Å². The molecule has 0 fully saturated rings. The van der Waals surface area contributed by atoms with Crippen LogP contribution in [0.2, 0.25) is 0 Å². The molecular weight excluding hydrogens is 212 g/mol. The van der Waals surface area contributed by atoms with Gasteiger partial charge < -0.3 is 14.6 Å². The number of fused-ring (bicyclic) bond motifs is 1. The second-order valence-corrected chi connectivity index (χ2v) is 3.51. The molecule has 1 aliphatic rings. The molecule has 1 heterocycles. The normalized spacial score (nSPS) is 17.9. The van der Waals surface area contributed by atoms with Crippen LogP contribution in [0.5, 0.6) is 11.5 Å². The fourth-order valence-corrected chi connectivity index (χ4v) is 1.70. The first-order valence-corrected chi connectivity index (χ1v) is 4.67. The highest BCUT2D eigenvalue weighted by molar-refractivity contribution is 6.02. The molecule has 2 rings (SSSR count). The van der Waals surface area contributed by atoms with Gasteiger partial charge >= 0.3 is 5.97 Å². The van der Waals surface area contributed by atoms with Crippen molar-refractivity contribution in [2.75, 3.05) is 7.11 Å². The van der Waals surface area contributed by atoms with Crippen LogP contribution in [0.15, 0.2) is 12.1 Å². The summed E-state index contributed by atoms with van der Waals surface area (Å²) < 4.78 is 9.81. The molecule has 1 atom stereocenters. The number of ether oxygens (including phenoxy) is 2. The smallest absolute Gasteiger partial charge is 0.343 e. The average Bonchev–Trinajstić information content (AvgIpc) is 2.56. The third kappa shape index (κ3) is 1.41. The van der Waals surface area contributed by atoms with Crippen molar-refractivity contribution >= 4 is 11.8 Å². The van der Waals surface area contributed by atoms with Gasteiger partial charge in [0, 0.05) is 11.6 Å². The van der Waals surface area contributed by atoms with Gasteiger partial charge in [0.05, 0.1) is 7.11 Å². The maximum absolute atomic E-state index is 11.4. The largest absolute Gasteiger partial charge is 0.507 e. The van der Waals surface area contributed by atoms with Gasteiger partial charge in [-0.15, -0.1) is 0 Å². The van der Waals surface area contributed by atoms with Crippen LogP contribution in [0, 0.1) is 0 Å². The predicted molar refractivity (Wildman–Crippen MR) is 53.5 cm³/mol. The molecule has 5 nitrogen and oxygen atoms in total. The van der Waals surface area contributed by atoms with Crippen LogP contribution in [-0.2, 0) is 9.53 Å². The Labute approximate surface area is 91.6 Å². The zero-order chi connectivity index (χ0) is 11.9. The van der Waals surface area contributed by atoms with Crippen LogP contribution < -0.4 is 4.74 Å². The number of esters is 1. The molecule has 16 heavy (non-hydrogen) atoms. The van der Waals surface area contributed by atoms with Gasteiger partial charge in [-0.1, -0.05) is 0 Å². The number of hydrogen-bond acceptors (Lipinski definition) is 5. The highest BCUT2D eigenvalue weighted by atomic mass is 16.6. The summed E-state index contributed by atoms with van der Waals surface area (Å²) in [6.45, 7) is 1.32. The van der Waals surface area contributed by atoms with E-state index in [2.05, 4.69) is 0 Å². The van der Waals surface area contributed by atoms with Crippen molar-refractivity contribution < 1.29 is 24.2 Å². The number of Topliss-reactive ketones (excluding diaryl/α,β-unsaturated/α-hetero) is 1. The summed E-state index contributed by atoms with van der Waals surface area (Å²) in [6, 6.07) is 2.83. The first-order chi connectivity index (χ1) is 7.54. The summed E-state index contributed by atoms with van der Waals surface area (Å²) in [7, 11) is 1.43. The molecule has 1 unspecified atom stereocenters. The van der Waals surface area contributed by atoms with Gasteiger partial charge in [0.15, 0.2) is 11.9 Å². The molecule has 1 aromatic carbocycles. The summed E-state index contributed by atoms with van der Waals surface area (Å²) in [4.78, 5) is 22.7. The minimum Gasteiger partial charge on any atom is -0.507 e. The van der Waals surface area contributed by atoms with Crippen LogP contribution in [0.1, 0.15) is 28.9 Å². The molecule has 1 N–H and O–H groups in total. The number of methoxy groups -OCH3 is 1. The summed E-state index contributed by atoms with van der Waals surface area (Å²) in [6.07, 6.45) is -0.941. The lowest BCUT2D eigenvalue weighted by Crippen LogP contribution is -2.07. The van der Waals surface area contributed by atoms with Crippen LogP contribution in [0.25, 0.3) is 0 Å². The van der Waals surface area contributed by atoms with Crippen molar-refractivity contribution in [2.45, 2.75) is 13.0 Å². The number of ketones is 1. The number of benzene rings is 1. The van der Waals surface area contributed by atoms with Crippen LogP contribution in [-0.4, -0.2) is 24.0 Å². The Bertz CT molecular complexity index is 478. The second kappa shape index (κ2) is 3.52. The molecule has 1 aliphatic heterocycles. The fourth-order valence-electron chi connectivity index (χ4n) is 1.70. The lowest BCUT2D eigenvalue weighted by Gasteiger charge is -2.07. The van der Waals surface area contributed by atoms with Crippen molar-refractivity contribution in [1.82, 2.24) is 0 Å². The van der Waals surface area contributed by atoms with E-state index in [1.165, 1.54) is 26.2 Å². The number of cyclic esters (lactones) is 1. The van der Waals surface area contributed by atoms with E-state index in [4.69, 9.17) is 9.47 Å². The fraction of sp³-hybridized carbons (Fsp3) is 0.273. The van der Waals surface area contributed by atoms with Gasteiger partial charge in [0.1, 0.15) is 17.1 Å². The number of carbonyl (C=O) groups is 2. The average molecular weight is 222 g/mol. The van der Waals surface area contributed by atoms with E-state index < -0.39 is 12.1 Å². The van der Waals surface area contributed by atoms with E-state index in [-0.39, 0.29) is 17.1 Å². The SMILES string of the molecule is COc1cc(O)c2c(c1)C(C(C)=O)OC2=O. The maximum Gasteiger partial charge on any atom is 0.343 e. The van der Waals surface area contributed by atoms with Gasteiger partial charge in [-0.05, 0) is 13.0 Å². The van der Waals surface area contributed by atoms with Gasteiger partial charge in [-0.25, -0.2) is 4.79 Å². The Balaban J connectivity index is 2.62. The number of rotatable bonds is 2. The van der Waals surface area contributed by atoms with Crippen molar-refractivity contribution in [3.63, 3.8) is 0 Å². The van der Waals surface area contributed by atoms with E-state index in [1.807, 2.05) is 0 Å². The molecule has 0 amide bonds. The molecule has 0 saturated carbocycles. The van der Waals surface area contributed by atoms with Gasteiger partial charge in [-0.3, -0.25) is 4.79 Å². The standard InChI is InChI=1S/C11H10O5/c1-5(12)10-7-3-6(15-2)4-8(13)9(7)11(14)16-10/h3-4,10,13H,1-2H3. The Morgan fingerprint density at radius 2 is 2.19 bits per heavy atom. The number of phenols is 1. The number of carbonyl (C=O) groups excluding carboxylic acids is 2. The van der Waals surface area contributed by atoms with Gasteiger partial charge in [0.2, 0.25) is 0 Å². The summed E-state index contributed by atoms with van der Waals surface area (Å²) in [5.74, 6) is -0.834. The molecule has 0 bridgehead atoms. The number of aromatic hydroxyl groups is 1. The van der Waals surface area contributed by atoms with Gasteiger partial charge in [-0.2, -0.15) is 0 Å². The molecular formula is C11H10O5. The quantitative estimate of drug-likeness (QED) is 0.761. The topological polar surface area (TPSA) is 72.8 Å². The van der Waals surface area contributed by atoms with Crippen LogP contribution in [0.4, 0.5) is 0 Å². The molecule has 0 aromatic heterocycles. The minimum absolute atomic E-state index is 0.0426. The highest BCUT2D eigenvalue weighted by Crippen LogP contribution is 2.39. The lowest BCUT2D eigenvalue weighted by molar-refractivity contribution is -0.125. The molecule has 1 aromatic rings. The van der Waals surface area contributed by atoms with Crippen LogP contribution in [0.3, 0.4) is 0 Å². The summed E-state index contributed by atoms with van der Waals surface area (Å²) in [5, 5.41) is 9.62. The lowest BCUT2D eigenvalue weighted by atomic mass is 10.0. The molecule has 0 spiro atoms. The zero-order valence-electron chi connectivity index (χ0n) is 8.81.